The van der Waals surface area contributed by atoms with Crippen molar-refractivity contribution in [1.82, 2.24) is 0 Å². The highest BCUT2D eigenvalue weighted by Gasteiger charge is 2.04. The summed E-state index contributed by atoms with van der Waals surface area (Å²) in [6.07, 6.45) is 6.38. The van der Waals surface area contributed by atoms with Gasteiger partial charge in [-0.2, -0.15) is 0 Å². The smallest absolute Gasteiger partial charge is 0.224 e. The van der Waals surface area contributed by atoms with E-state index in [0.717, 1.165) is 19.4 Å². The second kappa shape index (κ2) is 7.28. The minimum Gasteiger partial charge on any atom is -0.508 e. The summed E-state index contributed by atoms with van der Waals surface area (Å²) in [6, 6.07) is 12.5. The van der Waals surface area contributed by atoms with Crippen LogP contribution in [-0.4, -0.2) is 11.0 Å². The number of carbonyl (C=O) groups is 1. The lowest BCUT2D eigenvalue weighted by Crippen LogP contribution is -2.32. The van der Waals surface area contributed by atoms with E-state index in [1.165, 1.54) is 0 Å². The molecule has 0 saturated heterocycles. The zero-order chi connectivity index (χ0) is 14.2. The Hall–Kier alpha value is -2.36. The maximum Gasteiger partial charge on any atom is 0.224 e. The van der Waals surface area contributed by atoms with Crippen LogP contribution in [0.2, 0.25) is 0 Å². The number of amides is 1. The highest BCUT2D eigenvalue weighted by Crippen LogP contribution is 2.14. The van der Waals surface area contributed by atoms with Gasteiger partial charge in [0.15, 0.2) is 12.4 Å². The molecule has 1 aromatic heterocycles. The molecule has 2 rings (SSSR count). The predicted molar refractivity (Wildman–Crippen MR) is 77.2 cm³/mol. The van der Waals surface area contributed by atoms with Crippen molar-refractivity contribution in [3.05, 3.63) is 54.9 Å². The Morgan fingerprint density at radius 2 is 1.75 bits per heavy atom. The van der Waals surface area contributed by atoms with Crippen molar-refractivity contribution >= 4 is 11.6 Å². The lowest BCUT2D eigenvalue weighted by molar-refractivity contribution is -0.697. The average molecular weight is 271 g/mol. The van der Waals surface area contributed by atoms with E-state index in [4.69, 9.17) is 5.11 Å². The first-order valence-electron chi connectivity index (χ1n) is 6.77. The van der Waals surface area contributed by atoms with E-state index in [0.29, 0.717) is 12.1 Å². The molecule has 2 N–H and O–H groups in total. The van der Waals surface area contributed by atoms with Crippen LogP contribution < -0.4 is 9.88 Å². The molecular formula is C16H19N2O2+. The number of phenols is 1. The number of benzene rings is 1. The van der Waals surface area contributed by atoms with Crippen LogP contribution in [0.5, 0.6) is 5.75 Å². The summed E-state index contributed by atoms with van der Waals surface area (Å²) in [6.45, 7) is 0.924. The maximum absolute atomic E-state index is 11.7. The maximum atomic E-state index is 11.7. The molecule has 4 nitrogen and oxygen atoms in total. The number of nitrogens with one attached hydrogen (secondary N) is 1. The molecule has 0 saturated carbocycles. The Morgan fingerprint density at radius 3 is 2.45 bits per heavy atom. The van der Waals surface area contributed by atoms with Crippen molar-refractivity contribution in [2.24, 2.45) is 0 Å². The highest BCUT2D eigenvalue weighted by molar-refractivity contribution is 5.90. The van der Waals surface area contributed by atoms with Crippen LogP contribution in [0.1, 0.15) is 19.3 Å². The van der Waals surface area contributed by atoms with Crippen LogP contribution in [0.4, 0.5) is 5.69 Å². The van der Waals surface area contributed by atoms with E-state index < -0.39 is 0 Å². The summed E-state index contributed by atoms with van der Waals surface area (Å²) in [5.41, 5.74) is 0.713. The monoisotopic (exact) mass is 271 g/mol. The minimum atomic E-state index is 0.00810. The van der Waals surface area contributed by atoms with Gasteiger partial charge in [0.2, 0.25) is 5.91 Å². The van der Waals surface area contributed by atoms with Crippen molar-refractivity contribution in [2.45, 2.75) is 25.8 Å². The Kier molecular flexibility index (Phi) is 5.12. The third kappa shape index (κ3) is 4.72. The number of rotatable bonds is 6. The van der Waals surface area contributed by atoms with Gasteiger partial charge in [-0.05, 0) is 30.7 Å². The topological polar surface area (TPSA) is 53.2 Å². The number of hydrogen-bond donors (Lipinski definition) is 2. The van der Waals surface area contributed by atoms with Crippen molar-refractivity contribution in [2.75, 3.05) is 5.32 Å². The first-order chi connectivity index (χ1) is 9.74. The van der Waals surface area contributed by atoms with Crippen molar-refractivity contribution in [3.63, 3.8) is 0 Å². The normalized spacial score (nSPS) is 10.2. The molecule has 0 fully saturated rings. The van der Waals surface area contributed by atoms with Crippen LogP contribution >= 0.6 is 0 Å². The van der Waals surface area contributed by atoms with Crippen molar-refractivity contribution in [1.29, 1.82) is 0 Å². The third-order valence-corrected chi connectivity index (χ3v) is 3.00. The number of aryl methyl sites for hydroxylation is 1. The fourth-order valence-electron chi connectivity index (χ4n) is 1.93. The van der Waals surface area contributed by atoms with Gasteiger partial charge in [-0.15, -0.1) is 0 Å². The molecule has 4 heteroatoms. The summed E-state index contributed by atoms with van der Waals surface area (Å²) in [7, 11) is 0. The summed E-state index contributed by atoms with van der Waals surface area (Å²) < 4.78 is 2.11. The van der Waals surface area contributed by atoms with Crippen LogP contribution in [0.15, 0.2) is 54.9 Å². The molecular weight excluding hydrogens is 252 g/mol. The largest absolute Gasteiger partial charge is 0.508 e. The molecule has 1 aromatic carbocycles. The van der Waals surface area contributed by atoms with Gasteiger partial charge in [0.25, 0.3) is 0 Å². The number of hydrogen-bond acceptors (Lipinski definition) is 2. The molecule has 0 aliphatic heterocycles. The first kappa shape index (κ1) is 14.1. The van der Waals surface area contributed by atoms with Gasteiger partial charge in [-0.3, -0.25) is 4.79 Å². The van der Waals surface area contributed by atoms with Gasteiger partial charge in [-0.25, -0.2) is 4.57 Å². The molecule has 1 heterocycles. The Morgan fingerprint density at radius 1 is 1.05 bits per heavy atom. The van der Waals surface area contributed by atoms with E-state index in [1.54, 1.807) is 24.3 Å². The molecule has 104 valence electrons. The van der Waals surface area contributed by atoms with Crippen molar-refractivity contribution in [3.8, 4) is 5.75 Å². The van der Waals surface area contributed by atoms with E-state index >= 15 is 0 Å². The molecule has 0 aliphatic rings. The molecule has 1 amide bonds. The van der Waals surface area contributed by atoms with Crippen LogP contribution in [0, 0.1) is 0 Å². The van der Waals surface area contributed by atoms with E-state index in [1.807, 2.05) is 30.6 Å². The summed E-state index contributed by atoms with van der Waals surface area (Å²) >= 11 is 0. The number of carbonyl (C=O) groups excluding carboxylic acids is 1. The quantitative estimate of drug-likeness (QED) is 0.482. The number of aromatic hydroxyl groups is 1. The van der Waals surface area contributed by atoms with Crippen molar-refractivity contribution < 1.29 is 14.5 Å². The minimum absolute atomic E-state index is 0.00810. The third-order valence-electron chi connectivity index (χ3n) is 3.00. The van der Waals surface area contributed by atoms with Crippen LogP contribution in [0.3, 0.4) is 0 Å². The molecule has 0 atom stereocenters. The first-order valence-corrected chi connectivity index (χ1v) is 6.77. The Bertz CT molecular complexity index is 538. The summed E-state index contributed by atoms with van der Waals surface area (Å²) in [5, 5.41) is 12.0. The van der Waals surface area contributed by atoms with E-state index in [-0.39, 0.29) is 11.7 Å². The number of unbranched alkanes of at least 4 members (excludes halogenated alkanes) is 1. The molecule has 0 aliphatic carbocycles. The van der Waals surface area contributed by atoms with E-state index in [9.17, 15) is 4.79 Å². The number of phenolic OH excluding ortho intramolecular Hbond substituents is 1. The van der Waals surface area contributed by atoms with Crippen LogP contribution in [0.25, 0.3) is 0 Å². The lowest BCUT2D eigenvalue weighted by Gasteiger charge is -2.04. The SMILES string of the molecule is O=C(CCCC[n+]1ccccc1)Nc1ccc(O)cc1. The second-order valence-electron chi connectivity index (χ2n) is 4.67. The number of aromatic nitrogens is 1. The fourth-order valence-corrected chi connectivity index (χ4v) is 1.93. The Labute approximate surface area is 118 Å². The zero-order valence-electron chi connectivity index (χ0n) is 11.3. The summed E-state index contributed by atoms with van der Waals surface area (Å²) in [4.78, 5) is 11.7. The molecule has 20 heavy (non-hydrogen) atoms. The van der Waals surface area contributed by atoms with Crippen LogP contribution in [-0.2, 0) is 11.3 Å². The number of pyridine rings is 1. The lowest BCUT2D eigenvalue weighted by atomic mass is 10.2. The number of anilines is 1. The van der Waals surface area contributed by atoms with Gasteiger partial charge in [0.1, 0.15) is 12.3 Å². The standard InChI is InChI=1S/C16H18N2O2/c19-15-9-7-14(8-10-15)17-16(20)6-2-5-13-18-11-3-1-4-12-18/h1,3-4,7-12H,2,5-6,13H2,(H-,17,19,20)/p+1. The van der Waals surface area contributed by atoms with Gasteiger partial charge in [0.05, 0.1) is 0 Å². The zero-order valence-corrected chi connectivity index (χ0v) is 11.3. The Balaban J connectivity index is 1.66. The number of nitrogens with zero attached hydrogens (tertiary/aromatic N) is 1. The fraction of sp³-hybridized carbons (Fsp3) is 0.250. The van der Waals surface area contributed by atoms with Gasteiger partial charge in [-0.1, -0.05) is 6.07 Å². The highest BCUT2D eigenvalue weighted by atomic mass is 16.3. The molecule has 0 unspecified atom stereocenters. The molecule has 0 spiro atoms. The molecule has 2 aromatic rings. The second-order valence-corrected chi connectivity index (χ2v) is 4.67. The molecule has 0 radical (unpaired) electrons. The van der Waals surface area contributed by atoms with Gasteiger partial charge in [0, 0.05) is 30.7 Å². The average Bonchev–Trinajstić information content (AvgIpc) is 2.47. The van der Waals surface area contributed by atoms with E-state index in [2.05, 4.69) is 9.88 Å². The van der Waals surface area contributed by atoms with Gasteiger partial charge >= 0.3 is 0 Å². The summed E-state index contributed by atoms with van der Waals surface area (Å²) in [5.74, 6) is 0.205. The van der Waals surface area contributed by atoms with Gasteiger partial charge < -0.3 is 10.4 Å². The molecule has 0 bridgehead atoms. The predicted octanol–water partition coefficient (Wildman–Crippen LogP) is 2.49.